The van der Waals surface area contributed by atoms with E-state index in [0.717, 1.165) is 29.0 Å². The first-order chi connectivity index (χ1) is 13.7. The number of rotatable bonds is 5. The maximum absolute atomic E-state index is 12.6. The topological polar surface area (TPSA) is 55.6 Å². The lowest BCUT2D eigenvalue weighted by molar-refractivity contribution is 0.510. The Bertz CT molecular complexity index is 1210. The zero-order valence-electron chi connectivity index (χ0n) is 17.7. The molecule has 2 heterocycles. The Hall–Kier alpha value is -3.08. The first-order valence-corrected chi connectivity index (χ1v) is 10.1. The van der Waals surface area contributed by atoms with Crippen LogP contribution < -0.4 is 5.69 Å². The minimum absolute atomic E-state index is 0.00965. The smallest absolute Gasteiger partial charge is 0.332 e. The summed E-state index contributed by atoms with van der Waals surface area (Å²) >= 11 is 0. The SMILES string of the molecule is Cc1ccc2[nH]c(CC(C)(C)c3ccc(-n4ccn(C(C)C)c4=O)cc3)nc2c1. The van der Waals surface area contributed by atoms with Crippen LogP contribution in [-0.2, 0) is 11.8 Å². The molecule has 150 valence electrons. The Balaban J connectivity index is 1.59. The summed E-state index contributed by atoms with van der Waals surface area (Å²) in [6, 6.07) is 14.7. The predicted octanol–water partition coefficient (Wildman–Crippen LogP) is 4.92. The predicted molar refractivity (Wildman–Crippen MR) is 118 cm³/mol. The van der Waals surface area contributed by atoms with Crippen molar-refractivity contribution in [3.05, 3.63) is 82.3 Å². The van der Waals surface area contributed by atoms with Gasteiger partial charge >= 0.3 is 5.69 Å². The van der Waals surface area contributed by atoms with Crippen LogP contribution >= 0.6 is 0 Å². The van der Waals surface area contributed by atoms with Crippen molar-refractivity contribution in [2.24, 2.45) is 0 Å². The molecule has 4 aromatic rings. The van der Waals surface area contributed by atoms with Gasteiger partial charge in [-0.05, 0) is 61.6 Å². The van der Waals surface area contributed by atoms with E-state index < -0.39 is 0 Å². The molecular weight excluding hydrogens is 360 g/mol. The zero-order valence-corrected chi connectivity index (χ0v) is 17.7. The van der Waals surface area contributed by atoms with Crippen LogP contribution in [0.25, 0.3) is 16.7 Å². The van der Waals surface area contributed by atoms with Gasteiger partial charge in [-0.15, -0.1) is 0 Å². The Morgan fingerprint density at radius 2 is 1.79 bits per heavy atom. The molecule has 2 aromatic carbocycles. The molecular formula is C24H28N4O. The van der Waals surface area contributed by atoms with Gasteiger partial charge in [0.05, 0.1) is 16.7 Å². The van der Waals surface area contributed by atoms with E-state index in [0.29, 0.717) is 0 Å². The second kappa shape index (κ2) is 7.07. The highest BCUT2D eigenvalue weighted by molar-refractivity contribution is 5.75. The summed E-state index contributed by atoms with van der Waals surface area (Å²) in [7, 11) is 0. The molecule has 29 heavy (non-hydrogen) atoms. The fourth-order valence-electron chi connectivity index (χ4n) is 3.83. The summed E-state index contributed by atoms with van der Waals surface area (Å²) in [4.78, 5) is 20.8. The first kappa shape index (κ1) is 19.2. The van der Waals surface area contributed by atoms with Crippen molar-refractivity contribution in [1.29, 1.82) is 0 Å². The number of nitrogens with one attached hydrogen (secondary N) is 1. The second-order valence-corrected chi connectivity index (χ2v) is 8.76. The Kier molecular flexibility index (Phi) is 4.69. The van der Waals surface area contributed by atoms with E-state index in [1.54, 1.807) is 9.13 Å². The van der Waals surface area contributed by atoms with E-state index in [4.69, 9.17) is 4.98 Å². The molecule has 4 rings (SSSR count). The molecule has 2 aromatic heterocycles. The molecule has 5 nitrogen and oxygen atoms in total. The number of nitrogens with zero attached hydrogens (tertiary/aromatic N) is 3. The van der Waals surface area contributed by atoms with Gasteiger partial charge in [0.25, 0.3) is 0 Å². The Labute approximate surface area is 171 Å². The maximum Gasteiger partial charge on any atom is 0.332 e. The van der Waals surface area contributed by atoms with Gasteiger partial charge in [0, 0.05) is 24.9 Å². The highest BCUT2D eigenvalue weighted by atomic mass is 16.1. The number of aryl methyl sites for hydroxylation is 1. The van der Waals surface area contributed by atoms with Crippen LogP contribution in [0.4, 0.5) is 0 Å². The molecule has 0 fully saturated rings. The standard InChI is InChI=1S/C24H28N4O/c1-16(2)27-12-13-28(23(27)29)19-9-7-18(8-10-19)24(4,5)15-22-25-20-11-6-17(3)14-21(20)26-22/h6-14,16H,15H2,1-5H3,(H,25,26). The van der Waals surface area contributed by atoms with Crippen molar-refractivity contribution in [3.63, 3.8) is 0 Å². The van der Waals surface area contributed by atoms with Crippen LogP contribution in [0.5, 0.6) is 0 Å². The van der Waals surface area contributed by atoms with Crippen LogP contribution in [0.3, 0.4) is 0 Å². The van der Waals surface area contributed by atoms with Crippen LogP contribution in [0, 0.1) is 6.92 Å². The van der Waals surface area contributed by atoms with Gasteiger partial charge in [-0.1, -0.05) is 32.0 Å². The molecule has 0 amide bonds. The number of hydrogen-bond acceptors (Lipinski definition) is 2. The van der Waals surface area contributed by atoms with Crippen LogP contribution in [0.2, 0.25) is 0 Å². The third-order valence-electron chi connectivity index (χ3n) is 5.58. The molecule has 0 aliphatic rings. The lowest BCUT2D eigenvalue weighted by Crippen LogP contribution is -2.24. The number of imidazole rings is 2. The van der Waals surface area contributed by atoms with E-state index in [9.17, 15) is 4.79 Å². The number of benzene rings is 2. The second-order valence-electron chi connectivity index (χ2n) is 8.76. The van der Waals surface area contributed by atoms with Gasteiger partial charge < -0.3 is 4.98 Å². The quantitative estimate of drug-likeness (QED) is 0.527. The first-order valence-electron chi connectivity index (χ1n) is 10.1. The number of aromatic nitrogens is 4. The van der Waals surface area contributed by atoms with Crippen molar-refractivity contribution in [3.8, 4) is 5.69 Å². The highest BCUT2D eigenvalue weighted by Gasteiger charge is 2.23. The molecule has 1 N–H and O–H groups in total. The molecule has 0 aliphatic carbocycles. The minimum atomic E-state index is -0.0870. The highest BCUT2D eigenvalue weighted by Crippen LogP contribution is 2.28. The maximum atomic E-state index is 12.6. The molecule has 0 bridgehead atoms. The summed E-state index contributed by atoms with van der Waals surface area (Å²) in [6.45, 7) is 10.6. The fraction of sp³-hybridized carbons (Fsp3) is 0.333. The van der Waals surface area contributed by atoms with E-state index in [2.05, 4.69) is 56.1 Å². The zero-order chi connectivity index (χ0) is 20.8. The van der Waals surface area contributed by atoms with Crippen molar-refractivity contribution in [2.45, 2.75) is 52.5 Å². The molecule has 0 radical (unpaired) electrons. The third-order valence-corrected chi connectivity index (χ3v) is 5.58. The van der Waals surface area contributed by atoms with Crippen molar-refractivity contribution < 1.29 is 0 Å². The normalized spacial score (nSPS) is 12.2. The summed E-state index contributed by atoms with van der Waals surface area (Å²) < 4.78 is 3.43. The monoisotopic (exact) mass is 388 g/mol. The molecule has 0 atom stereocenters. The number of fused-ring (bicyclic) bond motifs is 1. The fourth-order valence-corrected chi connectivity index (χ4v) is 3.83. The molecule has 0 aliphatic heterocycles. The molecule has 0 unspecified atom stereocenters. The average Bonchev–Trinajstić information content (AvgIpc) is 3.23. The van der Waals surface area contributed by atoms with Gasteiger partial charge in [-0.25, -0.2) is 9.78 Å². The minimum Gasteiger partial charge on any atom is -0.342 e. The van der Waals surface area contributed by atoms with E-state index in [1.165, 1.54) is 11.1 Å². The summed E-state index contributed by atoms with van der Waals surface area (Å²) in [6.07, 6.45) is 4.48. The van der Waals surface area contributed by atoms with E-state index in [1.807, 2.05) is 38.4 Å². The van der Waals surface area contributed by atoms with Gasteiger partial charge in [-0.3, -0.25) is 9.13 Å². The lowest BCUT2D eigenvalue weighted by Gasteiger charge is -2.24. The van der Waals surface area contributed by atoms with Gasteiger partial charge in [0.1, 0.15) is 5.82 Å². The van der Waals surface area contributed by atoms with Crippen LogP contribution in [0.15, 0.2) is 59.7 Å². The van der Waals surface area contributed by atoms with Gasteiger partial charge in [-0.2, -0.15) is 0 Å². The third kappa shape index (κ3) is 3.65. The summed E-state index contributed by atoms with van der Waals surface area (Å²) in [5, 5.41) is 0. The number of aromatic amines is 1. The summed E-state index contributed by atoms with van der Waals surface area (Å²) in [5.74, 6) is 0.991. The Morgan fingerprint density at radius 1 is 1.07 bits per heavy atom. The number of hydrogen-bond donors (Lipinski definition) is 1. The molecule has 5 heteroatoms. The molecule has 0 saturated carbocycles. The lowest BCUT2D eigenvalue weighted by atomic mass is 9.81. The number of H-pyrrole nitrogens is 1. The van der Waals surface area contributed by atoms with Crippen molar-refractivity contribution in [1.82, 2.24) is 19.1 Å². The average molecular weight is 389 g/mol. The van der Waals surface area contributed by atoms with Crippen molar-refractivity contribution >= 4 is 11.0 Å². The van der Waals surface area contributed by atoms with Gasteiger partial charge in [0.2, 0.25) is 0 Å². The van der Waals surface area contributed by atoms with E-state index in [-0.39, 0.29) is 17.1 Å². The van der Waals surface area contributed by atoms with E-state index >= 15 is 0 Å². The van der Waals surface area contributed by atoms with Gasteiger partial charge in [0.15, 0.2) is 0 Å². The largest absolute Gasteiger partial charge is 0.342 e. The van der Waals surface area contributed by atoms with Crippen molar-refractivity contribution in [2.75, 3.05) is 0 Å². The van der Waals surface area contributed by atoms with Crippen LogP contribution in [0.1, 0.15) is 50.7 Å². The summed E-state index contributed by atoms with van der Waals surface area (Å²) in [5.41, 5.74) is 5.31. The molecule has 0 saturated heterocycles. The molecule has 0 spiro atoms. The Morgan fingerprint density at radius 3 is 2.45 bits per heavy atom. The van der Waals surface area contributed by atoms with Crippen LogP contribution in [-0.4, -0.2) is 19.1 Å².